The van der Waals surface area contributed by atoms with E-state index in [1.807, 2.05) is 6.07 Å². The zero-order valence-corrected chi connectivity index (χ0v) is 11.5. The van der Waals surface area contributed by atoms with Gasteiger partial charge in [-0.2, -0.15) is 14.0 Å². The van der Waals surface area contributed by atoms with Crippen LogP contribution < -0.4 is 10.1 Å². The largest absolute Gasteiger partial charge is 0.435 e. The average Bonchev–Trinajstić information content (AvgIpc) is 2.95. The summed E-state index contributed by atoms with van der Waals surface area (Å²) in [5, 5.41) is 10.9. The minimum absolute atomic E-state index is 0.0499. The fourth-order valence-corrected chi connectivity index (χ4v) is 2.55. The maximum Gasteiger partial charge on any atom is 0.387 e. The molecule has 2 aromatic rings. The molecule has 1 heterocycles. The molecule has 0 unspecified atom stereocenters. The van der Waals surface area contributed by atoms with Crippen LogP contribution in [0.15, 0.2) is 36.4 Å². The lowest BCUT2D eigenvalue weighted by Crippen LogP contribution is -2.22. The molecule has 0 saturated heterocycles. The number of halogens is 2. The normalized spacial score (nSPS) is 10.2. The predicted octanol–water partition coefficient (Wildman–Crippen LogP) is 3.27. The summed E-state index contributed by atoms with van der Waals surface area (Å²) in [7, 11) is 0. The maximum atomic E-state index is 12.1. The molecule has 1 amide bonds. The lowest BCUT2D eigenvalue weighted by Gasteiger charge is -2.04. The number of benzene rings is 1. The van der Waals surface area contributed by atoms with Gasteiger partial charge in [0.2, 0.25) is 0 Å². The molecule has 1 aromatic carbocycles. The highest BCUT2D eigenvalue weighted by atomic mass is 32.1. The van der Waals surface area contributed by atoms with Gasteiger partial charge in [-0.25, -0.2) is 0 Å². The first-order valence-corrected chi connectivity index (χ1v) is 6.72. The summed E-state index contributed by atoms with van der Waals surface area (Å²) in [4.78, 5) is 13.0. The van der Waals surface area contributed by atoms with Crippen LogP contribution in [0.2, 0.25) is 0 Å². The topological polar surface area (TPSA) is 62.1 Å². The molecule has 108 valence electrons. The van der Waals surface area contributed by atoms with Gasteiger partial charge in [0, 0.05) is 4.88 Å². The first-order valence-electron chi connectivity index (χ1n) is 5.90. The minimum atomic E-state index is -2.85. The van der Waals surface area contributed by atoms with E-state index < -0.39 is 6.61 Å². The second-order valence-corrected chi connectivity index (χ2v) is 4.99. The van der Waals surface area contributed by atoms with Crippen LogP contribution in [-0.2, 0) is 0 Å². The average molecular weight is 308 g/mol. The molecular weight excluding hydrogens is 298 g/mol. The van der Waals surface area contributed by atoms with Crippen LogP contribution in [0.25, 0.3) is 10.4 Å². The molecule has 0 aliphatic rings. The van der Waals surface area contributed by atoms with Crippen LogP contribution in [-0.4, -0.2) is 19.1 Å². The fraction of sp³-hybridized carbons (Fsp3) is 0.143. The van der Waals surface area contributed by atoms with E-state index in [0.717, 1.165) is 10.4 Å². The van der Waals surface area contributed by atoms with Crippen molar-refractivity contribution >= 4 is 17.2 Å². The zero-order chi connectivity index (χ0) is 15.2. The number of carbonyl (C=O) groups is 1. The van der Waals surface area contributed by atoms with Gasteiger partial charge in [0.05, 0.1) is 10.9 Å². The van der Waals surface area contributed by atoms with Crippen LogP contribution >= 0.6 is 11.3 Å². The van der Waals surface area contributed by atoms with Crippen molar-refractivity contribution in [3.8, 4) is 22.3 Å². The van der Waals surface area contributed by atoms with E-state index in [9.17, 15) is 13.6 Å². The zero-order valence-electron chi connectivity index (χ0n) is 10.7. The molecule has 0 fully saturated rings. The van der Waals surface area contributed by atoms with E-state index >= 15 is 0 Å². The van der Waals surface area contributed by atoms with Gasteiger partial charge in [-0.05, 0) is 42.0 Å². The van der Waals surface area contributed by atoms with Crippen LogP contribution in [0.1, 0.15) is 9.67 Å². The molecule has 0 spiro atoms. The summed E-state index contributed by atoms with van der Waals surface area (Å²) in [6, 6.07) is 11.4. The van der Waals surface area contributed by atoms with Crippen molar-refractivity contribution in [3.05, 3.63) is 41.3 Å². The molecule has 2 rings (SSSR count). The van der Waals surface area contributed by atoms with Gasteiger partial charge in [-0.3, -0.25) is 4.79 Å². The molecule has 21 heavy (non-hydrogen) atoms. The van der Waals surface area contributed by atoms with Crippen molar-refractivity contribution in [2.24, 2.45) is 0 Å². The second-order valence-electron chi connectivity index (χ2n) is 3.91. The Labute approximate surface area is 123 Å². The monoisotopic (exact) mass is 308 g/mol. The maximum absolute atomic E-state index is 12.1. The summed E-state index contributed by atoms with van der Waals surface area (Å²) in [5.41, 5.74) is 0.793. The Morgan fingerprint density at radius 1 is 1.29 bits per heavy atom. The number of hydrogen-bond donors (Lipinski definition) is 1. The number of ether oxygens (including phenoxy) is 1. The molecule has 0 aliphatic heterocycles. The number of rotatable bonds is 5. The van der Waals surface area contributed by atoms with Crippen molar-refractivity contribution in [2.75, 3.05) is 6.54 Å². The molecule has 4 nitrogen and oxygen atoms in total. The van der Waals surface area contributed by atoms with Crippen LogP contribution in [0, 0.1) is 11.3 Å². The minimum Gasteiger partial charge on any atom is -0.435 e. The number of carbonyl (C=O) groups excluding carboxylic acids is 1. The lowest BCUT2D eigenvalue weighted by molar-refractivity contribution is -0.0498. The predicted molar refractivity (Wildman–Crippen MR) is 74.3 cm³/mol. The molecular formula is C14H10F2N2O2S. The van der Waals surface area contributed by atoms with Gasteiger partial charge >= 0.3 is 6.61 Å². The first kappa shape index (κ1) is 14.9. The molecule has 0 aliphatic carbocycles. The Morgan fingerprint density at radius 2 is 2.00 bits per heavy atom. The van der Waals surface area contributed by atoms with Crippen molar-refractivity contribution in [1.82, 2.24) is 5.32 Å². The highest BCUT2D eigenvalue weighted by Gasteiger charge is 2.10. The number of thiophene rings is 1. The van der Waals surface area contributed by atoms with Gasteiger partial charge in [-0.15, -0.1) is 11.3 Å². The van der Waals surface area contributed by atoms with E-state index in [2.05, 4.69) is 10.1 Å². The summed E-state index contributed by atoms with van der Waals surface area (Å²) in [6.45, 7) is -2.90. The lowest BCUT2D eigenvalue weighted by atomic mass is 10.2. The number of alkyl halides is 2. The Morgan fingerprint density at radius 3 is 2.62 bits per heavy atom. The summed E-state index contributed by atoms with van der Waals surface area (Å²) in [5.74, 6) is -0.234. The number of hydrogen-bond acceptors (Lipinski definition) is 4. The summed E-state index contributed by atoms with van der Waals surface area (Å²) >= 11 is 1.25. The Kier molecular flexibility index (Phi) is 4.85. The Hall–Kier alpha value is -2.46. The van der Waals surface area contributed by atoms with Crippen molar-refractivity contribution < 1.29 is 18.3 Å². The van der Waals surface area contributed by atoms with Gasteiger partial charge in [0.15, 0.2) is 0 Å². The first-order chi connectivity index (χ1) is 10.1. The summed E-state index contributed by atoms with van der Waals surface area (Å²) in [6.07, 6.45) is 0. The third-order valence-corrected chi connectivity index (χ3v) is 3.65. The Balaban J connectivity index is 2.10. The highest BCUT2D eigenvalue weighted by Crippen LogP contribution is 2.29. The third kappa shape index (κ3) is 4.00. The second kappa shape index (κ2) is 6.81. The molecule has 0 bridgehead atoms. The van der Waals surface area contributed by atoms with E-state index in [0.29, 0.717) is 4.88 Å². The number of nitrogens with zero attached hydrogens (tertiary/aromatic N) is 1. The number of nitriles is 1. The number of nitrogens with one attached hydrogen (secondary N) is 1. The van der Waals surface area contributed by atoms with Crippen LogP contribution in [0.4, 0.5) is 8.78 Å². The molecule has 1 aromatic heterocycles. The van der Waals surface area contributed by atoms with Crippen molar-refractivity contribution in [2.45, 2.75) is 6.61 Å². The van der Waals surface area contributed by atoms with Gasteiger partial charge in [-0.1, -0.05) is 0 Å². The quantitative estimate of drug-likeness (QED) is 0.862. The van der Waals surface area contributed by atoms with Crippen LogP contribution in [0.3, 0.4) is 0 Å². The van der Waals surface area contributed by atoms with Gasteiger partial charge in [0.25, 0.3) is 5.91 Å². The summed E-state index contributed by atoms with van der Waals surface area (Å²) < 4.78 is 28.4. The molecule has 0 radical (unpaired) electrons. The number of amides is 1. The fourth-order valence-electron chi connectivity index (χ4n) is 1.62. The molecule has 0 atom stereocenters. The Bertz CT molecular complexity index is 662. The van der Waals surface area contributed by atoms with E-state index in [4.69, 9.17) is 5.26 Å². The molecule has 7 heteroatoms. The SMILES string of the molecule is N#CCNC(=O)c1ccc(-c2ccc(OC(F)F)cc2)s1. The van der Waals surface area contributed by atoms with E-state index in [1.54, 1.807) is 24.3 Å². The molecule has 0 saturated carbocycles. The molecule has 1 N–H and O–H groups in total. The van der Waals surface area contributed by atoms with Crippen molar-refractivity contribution in [1.29, 1.82) is 5.26 Å². The van der Waals surface area contributed by atoms with Crippen molar-refractivity contribution in [3.63, 3.8) is 0 Å². The third-order valence-electron chi connectivity index (χ3n) is 2.52. The van der Waals surface area contributed by atoms with Gasteiger partial charge in [0.1, 0.15) is 12.3 Å². The smallest absolute Gasteiger partial charge is 0.387 e. The van der Waals surface area contributed by atoms with Gasteiger partial charge < -0.3 is 10.1 Å². The van der Waals surface area contributed by atoms with E-state index in [1.165, 1.54) is 23.5 Å². The standard InChI is InChI=1S/C14H10F2N2O2S/c15-14(16)20-10-3-1-9(2-4-10)11-5-6-12(21-11)13(19)18-8-7-17/h1-6,14H,8H2,(H,18,19). The highest BCUT2D eigenvalue weighted by molar-refractivity contribution is 7.17. The van der Waals surface area contributed by atoms with E-state index in [-0.39, 0.29) is 18.2 Å². The van der Waals surface area contributed by atoms with Crippen LogP contribution in [0.5, 0.6) is 5.75 Å².